The van der Waals surface area contributed by atoms with E-state index in [1.54, 1.807) is 6.20 Å². The molecule has 1 saturated heterocycles. The van der Waals surface area contributed by atoms with Gasteiger partial charge in [-0.05, 0) is 36.3 Å². The van der Waals surface area contributed by atoms with E-state index in [1.807, 2.05) is 12.1 Å². The van der Waals surface area contributed by atoms with E-state index < -0.39 is 0 Å². The molecule has 0 aliphatic carbocycles. The molecule has 0 atom stereocenters. The Morgan fingerprint density at radius 3 is 2.37 bits per heavy atom. The highest BCUT2D eigenvalue weighted by atomic mass is 32.1. The minimum Gasteiger partial charge on any atom is -0.389 e. The molecule has 2 N–H and O–H groups in total. The van der Waals surface area contributed by atoms with Crippen molar-refractivity contribution >= 4 is 23.0 Å². The zero-order valence-corrected chi connectivity index (χ0v) is 12.8. The molecule has 1 fully saturated rings. The van der Waals surface area contributed by atoms with E-state index >= 15 is 0 Å². The number of pyridine rings is 1. The van der Waals surface area contributed by atoms with Gasteiger partial charge in [0, 0.05) is 24.8 Å². The van der Waals surface area contributed by atoms with E-state index in [0.29, 0.717) is 10.4 Å². The minimum absolute atomic E-state index is 0.408. The largest absolute Gasteiger partial charge is 0.389 e. The van der Waals surface area contributed by atoms with Gasteiger partial charge in [-0.15, -0.1) is 0 Å². The molecule has 0 aromatic carbocycles. The summed E-state index contributed by atoms with van der Waals surface area (Å²) in [7, 11) is 0. The molecule has 0 bridgehead atoms. The van der Waals surface area contributed by atoms with E-state index in [2.05, 4.69) is 30.7 Å². The van der Waals surface area contributed by atoms with Crippen LogP contribution < -0.4 is 10.6 Å². The summed E-state index contributed by atoms with van der Waals surface area (Å²) in [6.07, 6.45) is 4.25. The summed E-state index contributed by atoms with van der Waals surface area (Å²) in [4.78, 5) is 7.23. The van der Waals surface area contributed by atoms with E-state index in [9.17, 15) is 0 Å². The maximum absolute atomic E-state index is 5.59. The van der Waals surface area contributed by atoms with Crippen LogP contribution in [0.1, 0.15) is 39.2 Å². The molecule has 3 nitrogen and oxygen atoms in total. The molecule has 0 spiro atoms. The molecular formula is C15H23N3S. The number of anilines is 1. The zero-order chi connectivity index (χ0) is 14.0. The fraction of sp³-hybridized carbons (Fsp3) is 0.600. The van der Waals surface area contributed by atoms with Gasteiger partial charge in [0.15, 0.2) is 0 Å². The van der Waals surface area contributed by atoms with Crippen molar-refractivity contribution < 1.29 is 0 Å². The third-order valence-electron chi connectivity index (χ3n) is 4.08. The molecule has 0 unspecified atom stereocenters. The predicted molar refractivity (Wildman–Crippen MR) is 84.5 cm³/mol. The van der Waals surface area contributed by atoms with Crippen LogP contribution in [0.2, 0.25) is 0 Å². The average Bonchev–Trinajstić information content (AvgIpc) is 2.38. The van der Waals surface area contributed by atoms with Gasteiger partial charge in [0.05, 0.1) is 0 Å². The van der Waals surface area contributed by atoms with Crippen molar-refractivity contribution in [2.24, 2.45) is 17.1 Å². The number of nitrogens with two attached hydrogens (primary N) is 1. The van der Waals surface area contributed by atoms with Crippen LogP contribution in [-0.2, 0) is 0 Å². The molecule has 1 aliphatic rings. The molecular weight excluding hydrogens is 254 g/mol. The Balaban J connectivity index is 2.00. The quantitative estimate of drug-likeness (QED) is 0.844. The molecule has 0 radical (unpaired) electrons. The summed E-state index contributed by atoms with van der Waals surface area (Å²) in [5, 5.41) is 0. The van der Waals surface area contributed by atoms with Gasteiger partial charge in [-0.25, -0.2) is 4.98 Å². The standard InChI is InChI=1S/C15H23N3S/c1-15(2,3)12-6-8-18(9-7-12)13-5-4-11(10-17-13)14(16)19/h4-5,10,12H,6-9H2,1-3H3,(H2,16,19). The van der Waals surface area contributed by atoms with Crippen molar-refractivity contribution in [2.45, 2.75) is 33.6 Å². The first-order valence-corrected chi connectivity index (χ1v) is 7.29. The summed E-state index contributed by atoms with van der Waals surface area (Å²) < 4.78 is 0. The average molecular weight is 277 g/mol. The van der Waals surface area contributed by atoms with E-state index in [4.69, 9.17) is 18.0 Å². The Kier molecular flexibility index (Phi) is 4.09. The lowest BCUT2D eigenvalue weighted by Crippen LogP contribution is -2.38. The van der Waals surface area contributed by atoms with Gasteiger partial charge in [-0.3, -0.25) is 0 Å². The Morgan fingerprint density at radius 2 is 1.95 bits per heavy atom. The molecule has 2 heterocycles. The molecule has 2 rings (SSSR count). The van der Waals surface area contributed by atoms with Crippen molar-refractivity contribution in [1.29, 1.82) is 0 Å². The van der Waals surface area contributed by atoms with Crippen molar-refractivity contribution in [2.75, 3.05) is 18.0 Å². The highest BCUT2D eigenvalue weighted by Crippen LogP contribution is 2.35. The topological polar surface area (TPSA) is 42.1 Å². The maximum atomic E-state index is 5.59. The normalized spacial score (nSPS) is 17.5. The van der Waals surface area contributed by atoms with Crippen LogP contribution >= 0.6 is 12.2 Å². The minimum atomic E-state index is 0.408. The fourth-order valence-electron chi connectivity index (χ4n) is 2.69. The number of hydrogen-bond acceptors (Lipinski definition) is 3. The van der Waals surface area contributed by atoms with Gasteiger partial charge in [-0.1, -0.05) is 33.0 Å². The number of nitrogens with zero attached hydrogens (tertiary/aromatic N) is 2. The lowest BCUT2D eigenvalue weighted by Gasteiger charge is -2.39. The van der Waals surface area contributed by atoms with Crippen LogP contribution in [-0.4, -0.2) is 23.1 Å². The van der Waals surface area contributed by atoms with Crippen LogP contribution in [0.4, 0.5) is 5.82 Å². The molecule has 4 heteroatoms. The first-order chi connectivity index (χ1) is 8.88. The third-order valence-corrected chi connectivity index (χ3v) is 4.31. The van der Waals surface area contributed by atoms with Gasteiger partial charge in [0.1, 0.15) is 10.8 Å². The van der Waals surface area contributed by atoms with Crippen LogP contribution in [0.5, 0.6) is 0 Å². The summed E-state index contributed by atoms with van der Waals surface area (Å²) in [5.41, 5.74) is 6.83. The Morgan fingerprint density at radius 1 is 1.32 bits per heavy atom. The monoisotopic (exact) mass is 277 g/mol. The summed E-state index contributed by atoms with van der Waals surface area (Å²) >= 11 is 4.94. The van der Waals surface area contributed by atoms with Gasteiger partial charge in [-0.2, -0.15) is 0 Å². The first-order valence-electron chi connectivity index (χ1n) is 6.89. The lowest BCUT2D eigenvalue weighted by molar-refractivity contribution is 0.198. The number of rotatable bonds is 2. The summed E-state index contributed by atoms with van der Waals surface area (Å²) in [5.74, 6) is 1.84. The second-order valence-corrected chi connectivity index (χ2v) is 6.84. The van der Waals surface area contributed by atoms with Crippen LogP contribution in [0.25, 0.3) is 0 Å². The zero-order valence-electron chi connectivity index (χ0n) is 12.0. The van der Waals surface area contributed by atoms with Gasteiger partial charge in [0.25, 0.3) is 0 Å². The SMILES string of the molecule is CC(C)(C)C1CCN(c2ccc(C(N)=S)cn2)CC1. The van der Waals surface area contributed by atoms with Gasteiger partial charge in [0.2, 0.25) is 0 Å². The van der Waals surface area contributed by atoms with Crippen LogP contribution in [0, 0.1) is 11.3 Å². The van der Waals surface area contributed by atoms with Crippen molar-refractivity contribution in [3.8, 4) is 0 Å². The first kappa shape index (κ1) is 14.3. The molecule has 0 saturated carbocycles. The van der Waals surface area contributed by atoms with Crippen molar-refractivity contribution in [3.63, 3.8) is 0 Å². The second kappa shape index (κ2) is 5.45. The third kappa shape index (κ3) is 3.44. The van der Waals surface area contributed by atoms with Gasteiger partial charge < -0.3 is 10.6 Å². The number of thiocarbonyl (C=S) groups is 1. The van der Waals surface area contributed by atoms with E-state index in [-0.39, 0.29) is 0 Å². The van der Waals surface area contributed by atoms with Gasteiger partial charge >= 0.3 is 0 Å². The number of piperidine rings is 1. The lowest BCUT2D eigenvalue weighted by atomic mass is 9.75. The number of aromatic nitrogens is 1. The summed E-state index contributed by atoms with van der Waals surface area (Å²) in [6, 6.07) is 3.98. The van der Waals surface area contributed by atoms with Crippen molar-refractivity contribution in [3.05, 3.63) is 23.9 Å². The Hall–Kier alpha value is -1.16. The highest BCUT2D eigenvalue weighted by Gasteiger charge is 2.29. The molecule has 0 amide bonds. The number of hydrogen-bond donors (Lipinski definition) is 1. The second-order valence-electron chi connectivity index (χ2n) is 6.40. The fourth-order valence-corrected chi connectivity index (χ4v) is 2.81. The van der Waals surface area contributed by atoms with Crippen LogP contribution in [0.15, 0.2) is 18.3 Å². The Bertz CT molecular complexity index is 439. The smallest absolute Gasteiger partial charge is 0.128 e. The van der Waals surface area contributed by atoms with Crippen molar-refractivity contribution in [1.82, 2.24) is 4.98 Å². The molecule has 19 heavy (non-hydrogen) atoms. The van der Waals surface area contributed by atoms with E-state index in [0.717, 1.165) is 30.4 Å². The Labute approximate surface area is 121 Å². The van der Waals surface area contributed by atoms with Crippen LogP contribution in [0.3, 0.4) is 0 Å². The maximum Gasteiger partial charge on any atom is 0.128 e. The highest BCUT2D eigenvalue weighted by molar-refractivity contribution is 7.80. The summed E-state index contributed by atoms with van der Waals surface area (Å²) in [6.45, 7) is 9.18. The molecule has 104 valence electrons. The molecule has 1 aliphatic heterocycles. The molecule has 1 aromatic heterocycles. The molecule has 1 aromatic rings. The van der Waals surface area contributed by atoms with E-state index in [1.165, 1.54) is 12.8 Å². The predicted octanol–water partition coefficient (Wildman–Crippen LogP) is 2.98.